The fraction of sp³-hybridized carbons (Fsp3) is 0.235. The van der Waals surface area contributed by atoms with E-state index in [0.29, 0.717) is 10.7 Å². The van der Waals surface area contributed by atoms with Crippen molar-refractivity contribution in [2.24, 2.45) is 7.05 Å². The van der Waals surface area contributed by atoms with Crippen molar-refractivity contribution >= 4 is 29.3 Å². The number of esters is 1. The lowest BCUT2D eigenvalue weighted by molar-refractivity contribution is -0.138. The van der Waals surface area contributed by atoms with Gasteiger partial charge in [0.2, 0.25) is 0 Å². The summed E-state index contributed by atoms with van der Waals surface area (Å²) in [7, 11) is 1.87. The van der Waals surface area contributed by atoms with Gasteiger partial charge in [-0.05, 0) is 26.0 Å². The highest BCUT2D eigenvalue weighted by atomic mass is 35.5. The fourth-order valence-corrected chi connectivity index (χ4v) is 2.80. The molecule has 3 heterocycles. The smallest absolute Gasteiger partial charge is 0.331 e. The average molecular weight is 345 g/mol. The molecule has 0 N–H and O–H groups in total. The van der Waals surface area contributed by atoms with Crippen molar-refractivity contribution in [1.82, 2.24) is 19.2 Å². The van der Waals surface area contributed by atoms with Gasteiger partial charge in [0.25, 0.3) is 0 Å². The van der Waals surface area contributed by atoms with Crippen LogP contribution in [-0.4, -0.2) is 25.1 Å². The highest BCUT2D eigenvalue weighted by Crippen LogP contribution is 2.18. The summed E-state index contributed by atoms with van der Waals surface area (Å²) in [6.45, 7) is 4.00. The van der Waals surface area contributed by atoms with Gasteiger partial charge in [0.15, 0.2) is 5.65 Å². The van der Waals surface area contributed by atoms with Gasteiger partial charge in [-0.15, -0.1) is 0 Å². The second kappa shape index (κ2) is 6.49. The van der Waals surface area contributed by atoms with Crippen molar-refractivity contribution < 1.29 is 9.53 Å². The predicted molar refractivity (Wildman–Crippen MR) is 91.7 cm³/mol. The van der Waals surface area contributed by atoms with Crippen LogP contribution in [0.1, 0.15) is 22.5 Å². The summed E-state index contributed by atoms with van der Waals surface area (Å²) in [5.41, 5.74) is 4.26. The minimum absolute atomic E-state index is 0.141. The van der Waals surface area contributed by atoms with Crippen molar-refractivity contribution in [3.8, 4) is 0 Å². The molecule has 0 unspecified atom stereocenters. The van der Waals surface area contributed by atoms with Crippen LogP contribution >= 0.6 is 11.6 Å². The van der Waals surface area contributed by atoms with Crippen molar-refractivity contribution in [3.05, 3.63) is 58.3 Å². The molecule has 0 spiro atoms. The van der Waals surface area contributed by atoms with Crippen LogP contribution in [0.5, 0.6) is 0 Å². The Kier molecular flexibility index (Phi) is 4.40. The van der Waals surface area contributed by atoms with Crippen molar-refractivity contribution in [1.29, 1.82) is 0 Å². The van der Waals surface area contributed by atoms with Gasteiger partial charge in [-0.25, -0.2) is 9.78 Å². The molecule has 7 heteroatoms. The number of aryl methyl sites for hydroxylation is 2. The maximum absolute atomic E-state index is 11.9. The summed E-state index contributed by atoms with van der Waals surface area (Å²) in [4.78, 5) is 16.1. The van der Waals surface area contributed by atoms with E-state index in [2.05, 4.69) is 10.1 Å². The van der Waals surface area contributed by atoms with Crippen LogP contribution in [0.2, 0.25) is 5.02 Å². The molecular weight excluding hydrogens is 328 g/mol. The van der Waals surface area contributed by atoms with Gasteiger partial charge >= 0.3 is 5.97 Å². The van der Waals surface area contributed by atoms with E-state index in [-0.39, 0.29) is 6.61 Å². The summed E-state index contributed by atoms with van der Waals surface area (Å²) in [6.07, 6.45) is 8.43. The molecule has 0 fully saturated rings. The van der Waals surface area contributed by atoms with Crippen LogP contribution in [0.4, 0.5) is 0 Å². The molecule has 0 amide bonds. The number of aromatic nitrogens is 4. The van der Waals surface area contributed by atoms with Gasteiger partial charge in [0, 0.05) is 48.5 Å². The average Bonchev–Trinajstić information content (AvgIpc) is 3.10. The third kappa shape index (κ3) is 3.19. The van der Waals surface area contributed by atoms with Gasteiger partial charge < -0.3 is 9.14 Å². The lowest BCUT2D eigenvalue weighted by Gasteiger charge is -2.05. The summed E-state index contributed by atoms with van der Waals surface area (Å²) in [5, 5.41) is 4.82. The van der Waals surface area contributed by atoms with Crippen molar-refractivity contribution in [2.45, 2.75) is 20.5 Å². The van der Waals surface area contributed by atoms with Crippen LogP contribution < -0.4 is 0 Å². The molecule has 0 bridgehead atoms. The minimum atomic E-state index is -0.417. The van der Waals surface area contributed by atoms with Gasteiger partial charge in [0.05, 0.1) is 10.7 Å². The van der Waals surface area contributed by atoms with Crippen molar-refractivity contribution in [2.75, 3.05) is 0 Å². The van der Waals surface area contributed by atoms with Crippen molar-refractivity contribution in [3.63, 3.8) is 0 Å². The first kappa shape index (κ1) is 16.3. The Morgan fingerprint density at radius 2 is 2.21 bits per heavy atom. The molecule has 3 rings (SSSR count). The Hall–Kier alpha value is -2.60. The quantitative estimate of drug-likeness (QED) is 0.539. The van der Waals surface area contributed by atoms with E-state index in [0.717, 1.165) is 22.5 Å². The van der Waals surface area contributed by atoms with Crippen LogP contribution in [0.15, 0.2) is 30.7 Å². The van der Waals surface area contributed by atoms with E-state index in [9.17, 15) is 4.79 Å². The molecular formula is C17H17ClN4O2. The van der Waals surface area contributed by atoms with Gasteiger partial charge in [-0.3, -0.25) is 4.68 Å². The lowest BCUT2D eigenvalue weighted by Crippen LogP contribution is -2.02. The van der Waals surface area contributed by atoms with E-state index >= 15 is 0 Å². The summed E-state index contributed by atoms with van der Waals surface area (Å²) < 4.78 is 8.85. The van der Waals surface area contributed by atoms with E-state index in [1.807, 2.05) is 27.1 Å². The molecule has 3 aromatic rings. The Bertz CT molecular complexity index is 940. The first-order chi connectivity index (χ1) is 11.5. The van der Waals surface area contributed by atoms with E-state index in [4.69, 9.17) is 16.3 Å². The predicted octanol–water partition coefficient (Wildman–Crippen LogP) is 3.09. The number of hydrogen-bond donors (Lipinski definition) is 0. The molecule has 3 aromatic heterocycles. The molecule has 0 radical (unpaired) electrons. The van der Waals surface area contributed by atoms with Crippen LogP contribution in [0.3, 0.4) is 0 Å². The zero-order chi connectivity index (χ0) is 17.3. The van der Waals surface area contributed by atoms with Crippen LogP contribution in [0.25, 0.3) is 11.7 Å². The standard InChI is InChI=1S/C17H17ClN4O2/c1-11-14(12(2)21(3)20-11)4-5-16(23)24-10-13-8-15(18)17-19-6-7-22(17)9-13/h4-9H,10H2,1-3H3/b5-4-. The molecule has 24 heavy (non-hydrogen) atoms. The summed E-state index contributed by atoms with van der Waals surface area (Å²) in [5.74, 6) is -0.417. The number of hydrogen-bond acceptors (Lipinski definition) is 4. The second-order valence-corrected chi connectivity index (χ2v) is 5.91. The van der Waals surface area contributed by atoms with Gasteiger partial charge in [-0.2, -0.15) is 5.10 Å². The zero-order valence-corrected chi connectivity index (χ0v) is 14.4. The second-order valence-electron chi connectivity index (χ2n) is 5.50. The molecule has 6 nitrogen and oxygen atoms in total. The van der Waals surface area contributed by atoms with E-state index in [1.54, 1.807) is 33.6 Å². The number of imidazole rings is 1. The number of halogens is 1. The molecule has 0 aliphatic carbocycles. The van der Waals surface area contributed by atoms with Crippen LogP contribution in [-0.2, 0) is 23.2 Å². The van der Waals surface area contributed by atoms with Gasteiger partial charge in [0.1, 0.15) is 6.61 Å². The maximum Gasteiger partial charge on any atom is 0.331 e. The Balaban J connectivity index is 1.67. The SMILES string of the molecule is Cc1nn(C)c(C)c1/C=C\C(=O)OCc1cc(Cl)c2nccn2c1. The minimum Gasteiger partial charge on any atom is -0.458 e. The fourth-order valence-electron chi connectivity index (χ4n) is 2.51. The molecule has 124 valence electrons. The molecule has 0 atom stereocenters. The van der Waals surface area contributed by atoms with Gasteiger partial charge in [-0.1, -0.05) is 11.6 Å². The number of fused-ring (bicyclic) bond motifs is 1. The largest absolute Gasteiger partial charge is 0.458 e. The number of nitrogens with zero attached hydrogens (tertiary/aromatic N) is 4. The number of ether oxygens (including phenoxy) is 1. The Morgan fingerprint density at radius 3 is 2.92 bits per heavy atom. The lowest BCUT2D eigenvalue weighted by atomic mass is 10.2. The first-order valence-electron chi connectivity index (χ1n) is 7.42. The number of rotatable bonds is 4. The van der Waals surface area contributed by atoms with E-state index < -0.39 is 5.97 Å². The summed E-state index contributed by atoms with van der Waals surface area (Å²) >= 11 is 6.15. The highest BCUT2D eigenvalue weighted by molar-refractivity contribution is 6.33. The molecule has 0 aliphatic rings. The third-order valence-electron chi connectivity index (χ3n) is 3.83. The molecule has 0 aromatic carbocycles. The first-order valence-corrected chi connectivity index (χ1v) is 7.79. The molecule has 0 saturated carbocycles. The monoisotopic (exact) mass is 344 g/mol. The zero-order valence-electron chi connectivity index (χ0n) is 13.7. The number of carbonyl (C=O) groups is 1. The molecule has 0 aliphatic heterocycles. The topological polar surface area (TPSA) is 61.4 Å². The summed E-state index contributed by atoms with van der Waals surface area (Å²) in [6, 6.07) is 1.75. The Labute approximate surface area is 144 Å². The highest BCUT2D eigenvalue weighted by Gasteiger charge is 2.08. The number of carbonyl (C=O) groups excluding carboxylic acids is 1. The number of pyridine rings is 1. The maximum atomic E-state index is 11.9. The van der Waals surface area contributed by atoms with E-state index in [1.165, 1.54) is 6.08 Å². The normalized spacial score (nSPS) is 11.5. The Morgan fingerprint density at radius 1 is 1.42 bits per heavy atom. The van der Waals surface area contributed by atoms with Crippen LogP contribution in [0, 0.1) is 13.8 Å². The third-order valence-corrected chi connectivity index (χ3v) is 4.11. The molecule has 0 saturated heterocycles.